The fourth-order valence-electron chi connectivity index (χ4n) is 2.77. The van der Waals surface area contributed by atoms with Gasteiger partial charge in [-0.1, -0.05) is 19.4 Å². The fourth-order valence-corrected chi connectivity index (χ4v) is 2.77. The molecule has 0 radical (unpaired) electrons. The molecule has 2 heterocycles. The molecule has 0 atom stereocenters. The number of hydrogen-bond donors (Lipinski definition) is 1. The van der Waals surface area contributed by atoms with Crippen LogP contribution in [0, 0.1) is 0 Å². The van der Waals surface area contributed by atoms with Crippen molar-refractivity contribution in [3.63, 3.8) is 0 Å². The molecule has 0 amide bonds. The molecule has 2 N–H and O–H groups in total. The van der Waals surface area contributed by atoms with Crippen LogP contribution in [0.15, 0.2) is 24.5 Å². The summed E-state index contributed by atoms with van der Waals surface area (Å²) in [6, 6.07) is 3.27. The highest BCUT2D eigenvalue weighted by Gasteiger charge is 2.31. The molecule has 0 saturated heterocycles. The van der Waals surface area contributed by atoms with Gasteiger partial charge in [0, 0.05) is 5.39 Å². The van der Waals surface area contributed by atoms with Crippen molar-refractivity contribution in [2.45, 2.75) is 32.5 Å². The number of aromatic nitrogens is 3. The Hall–Kier alpha value is -2.84. The zero-order valence-corrected chi connectivity index (χ0v) is 14.0. The van der Waals surface area contributed by atoms with Crippen molar-refractivity contribution in [2.24, 2.45) is 0 Å². The lowest BCUT2D eigenvalue weighted by Gasteiger charge is -2.09. The topological polar surface area (TPSA) is 83.0 Å². The summed E-state index contributed by atoms with van der Waals surface area (Å²) in [7, 11) is 0. The molecule has 0 fully saturated rings. The lowest BCUT2D eigenvalue weighted by molar-refractivity contribution is -0.144. The summed E-state index contributed by atoms with van der Waals surface area (Å²) in [5.41, 5.74) is 5.56. The van der Waals surface area contributed by atoms with Gasteiger partial charge in [0.15, 0.2) is 0 Å². The van der Waals surface area contributed by atoms with Gasteiger partial charge in [0.05, 0.1) is 23.1 Å². The summed E-state index contributed by atoms with van der Waals surface area (Å²) in [6.07, 6.45) is -1.72. The van der Waals surface area contributed by atoms with Gasteiger partial charge in [-0.2, -0.15) is 13.2 Å². The molecule has 138 valence electrons. The number of rotatable bonds is 5. The summed E-state index contributed by atoms with van der Waals surface area (Å²) in [4.78, 5) is 20.1. The van der Waals surface area contributed by atoms with E-state index in [1.54, 1.807) is 0 Å². The van der Waals surface area contributed by atoms with Crippen LogP contribution in [0.2, 0.25) is 0 Å². The molecule has 3 rings (SSSR count). The van der Waals surface area contributed by atoms with Gasteiger partial charge in [-0.05, 0) is 18.6 Å². The summed E-state index contributed by atoms with van der Waals surface area (Å²) in [5.74, 6) is -0.412. The Morgan fingerprint density at radius 2 is 2.08 bits per heavy atom. The molecule has 0 aliphatic carbocycles. The molecule has 0 aliphatic heterocycles. The van der Waals surface area contributed by atoms with Gasteiger partial charge in [0.25, 0.3) is 0 Å². The normalized spacial score (nSPS) is 12.0. The molecule has 6 nitrogen and oxygen atoms in total. The van der Waals surface area contributed by atoms with Crippen molar-refractivity contribution >= 4 is 33.7 Å². The number of carbonyl (C=O) groups excluding carboxylic acids is 1. The first kappa shape index (κ1) is 18.0. The minimum absolute atomic E-state index is 0.137. The predicted octanol–water partition coefficient (Wildman–Crippen LogP) is 3.53. The summed E-state index contributed by atoms with van der Waals surface area (Å²) >= 11 is 0. The lowest BCUT2D eigenvalue weighted by atomic mass is 10.1. The second-order valence-electron chi connectivity index (χ2n) is 5.85. The number of carbonyl (C=O) groups is 1. The highest BCUT2D eigenvalue weighted by Crippen LogP contribution is 2.36. The van der Waals surface area contributed by atoms with Crippen LogP contribution in [-0.4, -0.2) is 27.1 Å². The molecule has 3 aromatic rings. The van der Waals surface area contributed by atoms with E-state index < -0.39 is 17.7 Å². The maximum atomic E-state index is 13.1. The number of fused-ring (bicyclic) bond motifs is 3. The van der Waals surface area contributed by atoms with Crippen LogP contribution in [0.25, 0.3) is 21.9 Å². The molecule has 0 unspecified atom stereocenters. The van der Waals surface area contributed by atoms with E-state index in [4.69, 9.17) is 10.5 Å². The second kappa shape index (κ2) is 6.81. The Morgan fingerprint density at radius 1 is 1.31 bits per heavy atom. The van der Waals surface area contributed by atoms with Gasteiger partial charge in [0.2, 0.25) is 0 Å². The molecule has 26 heavy (non-hydrogen) atoms. The molecular formula is C17H17F3N4O2. The molecule has 0 saturated carbocycles. The van der Waals surface area contributed by atoms with Gasteiger partial charge in [0.1, 0.15) is 24.3 Å². The average molecular weight is 366 g/mol. The summed E-state index contributed by atoms with van der Waals surface area (Å²) < 4.78 is 45.8. The van der Waals surface area contributed by atoms with Crippen molar-refractivity contribution in [1.29, 1.82) is 0 Å². The summed E-state index contributed by atoms with van der Waals surface area (Å²) in [5, 5.41) is 0.866. The zero-order chi connectivity index (χ0) is 18.9. The number of esters is 1. The molecular weight excluding hydrogens is 349 g/mol. The Bertz CT molecular complexity index is 966. The van der Waals surface area contributed by atoms with E-state index in [0.29, 0.717) is 22.8 Å². The van der Waals surface area contributed by atoms with Gasteiger partial charge in [-0.15, -0.1) is 0 Å². The van der Waals surface area contributed by atoms with E-state index in [9.17, 15) is 18.0 Å². The first-order valence-electron chi connectivity index (χ1n) is 8.08. The number of hydrogen-bond acceptors (Lipinski definition) is 5. The van der Waals surface area contributed by atoms with Crippen molar-refractivity contribution < 1.29 is 22.7 Å². The predicted molar refractivity (Wildman–Crippen MR) is 90.3 cm³/mol. The minimum atomic E-state index is -4.51. The highest BCUT2D eigenvalue weighted by atomic mass is 19.4. The molecule has 9 heteroatoms. The van der Waals surface area contributed by atoms with Crippen LogP contribution in [0.4, 0.5) is 19.0 Å². The smallest absolute Gasteiger partial charge is 0.416 e. The molecule has 0 aliphatic rings. The number of ether oxygens (including phenoxy) is 1. The fraction of sp³-hybridized carbons (Fsp3) is 0.353. The van der Waals surface area contributed by atoms with E-state index in [-0.39, 0.29) is 24.5 Å². The minimum Gasteiger partial charge on any atom is -0.464 e. The number of halogens is 3. The third kappa shape index (κ3) is 3.29. The molecule has 0 bridgehead atoms. The third-order valence-electron chi connectivity index (χ3n) is 4.05. The summed E-state index contributed by atoms with van der Waals surface area (Å²) in [6.45, 7) is 1.96. The number of anilines is 1. The van der Waals surface area contributed by atoms with Crippen molar-refractivity contribution in [2.75, 3.05) is 12.3 Å². The van der Waals surface area contributed by atoms with Crippen LogP contribution < -0.4 is 5.73 Å². The Morgan fingerprint density at radius 3 is 2.77 bits per heavy atom. The maximum Gasteiger partial charge on any atom is 0.416 e. The first-order chi connectivity index (χ1) is 12.3. The van der Waals surface area contributed by atoms with E-state index in [2.05, 4.69) is 9.97 Å². The van der Waals surface area contributed by atoms with Crippen LogP contribution in [-0.2, 0) is 22.3 Å². The number of nitrogen functional groups attached to an aromatic ring is 1. The number of alkyl halides is 3. The largest absolute Gasteiger partial charge is 0.464 e. The Kier molecular flexibility index (Phi) is 4.71. The van der Waals surface area contributed by atoms with Crippen LogP contribution in [0.3, 0.4) is 0 Å². The van der Waals surface area contributed by atoms with Crippen LogP contribution in [0.1, 0.15) is 25.3 Å². The quantitative estimate of drug-likeness (QED) is 0.552. The van der Waals surface area contributed by atoms with E-state index >= 15 is 0 Å². The van der Waals surface area contributed by atoms with Crippen molar-refractivity contribution in [3.05, 3.63) is 30.1 Å². The molecule has 1 aromatic carbocycles. The standard InChI is InChI=1S/C17H17F3N4O2/c1-2-3-6-26-13(25)8-24-12-7-10(17(18,19)20)4-5-11(12)14-15(21)22-9-23-16(14)24/h4-5,7,9H,2-3,6,8H2,1H3,(H2,21,22,23). The molecule has 2 aromatic heterocycles. The van der Waals surface area contributed by atoms with Gasteiger partial charge < -0.3 is 15.0 Å². The number of nitrogens with two attached hydrogens (primary N) is 1. The van der Waals surface area contributed by atoms with Crippen LogP contribution in [0.5, 0.6) is 0 Å². The van der Waals surface area contributed by atoms with Gasteiger partial charge >= 0.3 is 12.1 Å². The molecule has 0 spiro atoms. The van der Waals surface area contributed by atoms with E-state index in [1.165, 1.54) is 17.0 Å². The maximum absolute atomic E-state index is 13.1. The van der Waals surface area contributed by atoms with Crippen molar-refractivity contribution in [3.8, 4) is 0 Å². The van der Waals surface area contributed by atoms with Gasteiger partial charge in [-0.3, -0.25) is 4.79 Å². The number of nitrogens with zero attached hydrogens (tertiary/aromatic N) is 3. The first-order valence-corrected chi connectivity index (χ1v) is 8.08. The second-order valence-corrected chi connectivity index (χ2v) is 5.85. The van der Waals surface area contributed by atoms with Gasteiger partial charge in [-0.25, -0.2) is 9.97 Å². The van der Waals surface area contributed by atoms with Crippen molar-refractivity contribution in [1.82, 2.24) is 14.5 Å². The SMILES string of the molecule is CCCCOC(=O)Cn1c2cc(C(F)(F)F)ccc2c2c(N)ncnc21. The average Bonchev–Trinajstić information content (AvgIpc) is 2.89. The number of unbranched alkanes of at least 4 members (excludes halogenated alkanes) is 1. The third-order valence-corrected chi connectivity index (χ3v) is 4.05. The number of benzene rings is 1. The van der Waals surface area contributed by atoms with E-state index in [0.717, 1.165) is 18.6 Å². The Labute approximate surface area is 146 Å². The monoisotopic (exact) mass is 366 g/mol. The van der Waals surface area contributed by atoms with E-state index in [1.807, 2.05) is 6.92 Å². The Balaban J connectivity index is 2.14. The van der Waals surface area contributed by atoms with Crippen LogP contribution >= 0.6 is 0 Å². The highest BCUT2D eigenvalue weighted by molar-refractivity contribution is 6.11. The lowest BCUT2D eigenvalue weighted by Crippen LogP contribution is -2.15. The zero-order valence-electron chi connectivity index (χ0n) is 14.0.